The summed E-state index contributed by atoms with van der Waals surface area (Å²) in [4.78, 5) is 7.52. The Bertz CT molecular complexity index is 2910. The van der Waals surface area contributed by atoms with Gasteiger partial charge >= 0.3 is 0 Å². The number of anilines is 9. The zero-order valence-electron chi connectivity index (χ0n) is 33.2. The number of rotatable bonds is 5. The second-order valence-electron chi connectivity index (χ2n) is 16.2. The normalized spacial score (nSPS) is 12.7. The molecule has 9 aromatic carbocycles. The lowest BCUT2D eigenvalue weighted by molar-refractivity contribution is 1.22. The summed E-state index contributed by atoms with van der Waals surface area (Å²) >= 11 is 0. The van der Waals surface area contributed by atoms with Crippen molar-refractivity contribution < 1.29 is 0 Å². The maximum absolute atomic E-state index is 2.53. The fourth-order valence-corrected chi connectivity index (χ4v) is 9.49. The summed E-state index contributed by atoms with van der Waals surface area (Å²) in [5.41, 5.74) is 19.4. The molecule has 9 aromatic rings. The number of fused-ring (bicyclic) bond motifs is 6. The van der Waals surface area contributed by atoms with E-state index in [0.717, 1.165) is 28.4 Å². The van der Waals surface area contributed by atoms with Gasteiger partial charge in [-0.3, -0.25) is 0 Å². The Morgan fingerprint density at radius 2 is 0.793 bits per heavy atom. The topological polar surface area (TPSA) is 9.72 Å². The van der Waals surface area contributed by atoms with Crippen LogP contribution in [0.15, 0.2) is 182 Å². The largest absolute Gasteiger partial charge is 0.311 e. The zero-order valence-corrected chi connectivity index (χ0v) is 33.2. The van der Waals surface area contributed by atoms with Crippen molar-refractivity contribution in [2.24, 2.45) is 0 Å². The smallest absolute Gasteiger partial charge is 0.252 e. The Morgan fingerprint density at radius 1 is 0.345 bits per heavy atom. The molecule has 0 saturated carbocycles. The van der Waals surface area contributed by atoms with E-state index in [2.05, 4.69) is 224 Å². The molecule has 3 nitrogen and oxygen atoms in total. The van der Waals surface area contributed by atoms with E-state index >= 15 is 0 Å². The fourth-order valence-electron chi connectivity index (χ4n) is 9.49. The highest BCUT2D eigenvalue weighted by molar-refractivity contribution is 7.00. The van der Waals surface area contributed by atoms with Gasteiger partial charge in [-0.15, -0.1) is 0 Å². The molecule has 2 heterocycles. The molecule has 58 heavy (non-hydrogen) atoms. The van der Waals surface area contributed by atoms with Crippen molar-refractivity contribution in [3.63, 3.8) is 0 Å². The second-order valence-corrected chi connectivity index (χ2v) is 16.2. The van der Waals surface area contributed by atoms with Gasteiger partial charge in [-0.25, -0.2) is 0 Å². The SMILES string of the molecule is Cc1cccc(N2c3cc(C)ccc3B3c4ccc(C)cc4N(c4cccc(C)c4)c4cc(N(c5ccc6ccccc6c5)c5ccc6ccccc6c5)cc2c43)c1. The van der Waals surface area contributed by atoms with E-state index in [1.54, 1.807) is 0 Å². The average Bonchev–Trinajstić information content (AvgIpc) is 3.23. The van der Waals surface area contributed by atoms with Gasteiger partial charge in [-0.05, 0) is 161 Å². The molecular formula is C54H42BN3. The van der Waals surface area contributed by atoms with Crippen molar-refractivity contribution in [1.29, 1.82) is 0 Å². The lowest BCUT2D eigenvalue weighted by Crippen LogP contribution is -2.61. The Morgan fingerprint density at radius 3 is 1.26 bits per heavy atom. The summed E-state index contributed by atoms with van der Waals surface area (Å²) < 4.78 is 0. The van der Waals surface area contributed by atoms with Gasteiger partial charge in [0.05, 0.1) is 5.69 Å². The zero-order chi connectivity index (χ0) is 39.1. The molecular weight excluding hydrogens is 701 g/mol. The molecule has 0 unspecified atom stereocenters. The monoisotopic (exact) mass is 743 g/mol. The molecule has 0 bridgehead atoms. The standard InChI is InChI=1S/C54H42BN3/c1-35-11-9-17-43(27-35)57-50-29-37(3)19-25-48(50)55-49-26-20-38(4)30-51(49)58(44-18-10-12-36(2)28-44)53-34-47(33-52(57)54(53)55)56(45-23-21-39-13-5-7-15-41(39)31-45)46-24-22-40-14-6-8-16-42(40)32-46/h5-34H,1-4H3. The van der Waals surface area contributed by atoms with Crippen molar-refractivity contribution in [3.05, 3.63) is 204 Å². The van der Waals surface area contributed by atoms with Crippen molar-refractivity contribution in [2.75, 3.05) is 14.7 Å². The van der Waals surface area contributed by atoms with Gasteiger partial charge in [0.2, 0.25) is 0 Å². The average molecular weight is 744 g/mol. The predicted octanol–water partition coefficient (Wildman–Crippen LogP) is 12.8. The molecule has 0 atom stereocenters. The van der Waals surface area contributed by atoms with Gasteiger partial charge in [-0.1, -0.05) is 109 Å². The van der Waals surface area contributed by atoms with Gasteiger partial charge in [0, 0.05) is 45.5 Å². The molecule has 2 aliphatic heterocycles. The first-order valence-corrected chi connectivity index (χ1v) is 20.3. The Kier molecular flexibility index (Phi) is 7.84. The van der Waals surface area contributed by atoms with E-state index in [1.165, 1.54) is 82.9 Å². The summed E-state index contributed by atoms with van der Waals surface area (Å²) in [5.74, 6) is 0. The number of hydrogen-bond acceptors (Lipinski definition) is 3. The number of benzene rings is 9. The van der Waals surface area contributed by atoms with E-state index in [-0.39, 0.29) is 6.71 Å². The minimum atomic E-state index is 0.0437. The molecule has 4 heteroatoms. The Labute approximate surface area is 341 Å². The third kappa shape index (κ3) is 5.51. The number of nitrogens with zero attached hydrogens (tertiary/aromatic N) is 3. The molecule has 0 saturated heterocycles. The summed E-state index contributed by atoms with van der Waals surface area (Å²) in [6.45, 7) is 8.86. The first kappa shape index (κ1) is 34.2. The van der Waals surface area contributed by atoms with Gasteiger partial charge in [0.1, 0.15) is 0 Å². The molecule has 0 N–H and O–H groups in total. The molecule has 2 aliphatic rings. The minimum absolute atomic E-state index is 0.0437. The quantitative estimate of drug-likeness (QED) is 0.163. The van der Waals surface area contributed by atoms with Crippen LogP contribution in [0.2, 0.25) is 0 Å². The van der Waals surface area contributed by atoms with Crippen LogP contribution in [-0.4, -0.2) is 6.71 Å². The van der Waals surface area contributed by atoms with Crippen LogP contribution >= 0.6 is 0 Å². The number of aryl methyl sites for hydroxylation is 4. The highest BCUT2D eigenvalue weighted by Gasteiger charge is 2.44. The summed E-state index contributed by atoms with van der Waals surface area (Å²) in [6.07, 6.45) is 0. The summed E-state index contributed by atoms with van der Waals surface area (Å²) in [7, 11) is 0. The first-order chi connectivity index (χ1) is 28.4. The third-order valence-electron chi connectivity index (χ3n) is 12.1. The van der Waals surface area contributed by atoms with Crippen LogP contribution in [0.1, 0.15) is 22.3 Å². The van der Waals surface area contributed by atoms with Crippen molar-refractivity contribution in [2.45, 2.75) is 27.7 Å². The molecule has 0 spiro atoms. The molecule has 0 aliphatic carbocycles. The van der Waals surface area contributed by atoms with Crippen LogP contribution < -0.4 is 31.1 Å². The van der Waals surface area contributed by atoms with Gasteiger partial charge in [0.15, 0.2) is 0 Å². The predicted molar refractivity (Wildman–Crippen MR) is 249 cm³/mol. The van der Waals surface area contributed by atoms with E-state index in [9.17, 15) is 0 Å². The maximum atomic E-state index is 2.53. The Hall–Kier alpha value is -7.04. The number of hydrogen-bond donors (Lipinski definition) is 0. The van der Waals surface area contributed by atoms with Gasteiger partial charge < -0.3 is 14.7 Å². The highest BCUT2D eigenvalue weighted by atomic mass is 15.2. The van der Waals surface area contributed by atoms with Crippen molar-refractivity contribution >= 4 is 95.8 Å². The molecule has 0 aromatic heterocycles. The van der Waals surface area contributed by atoms with Crippen LogP contribution in [0.5, 0.6) is 0 Å². The lowest BCUT2D eigenvalue weighted by Gasteiger charge is -2.45. The summed E-state index contributed by atoms with van der Waals surface area (Å²) in [5, 5.41) is 4.87. The van der Waals surface area contributed by atoms with E-state index < -0.39 is 0 Å². The van der Waals surface area contributed by atoms with Crippen molar-refractivity contribution in [3.8, 4) is 0 Å². The molecule has 11 rings (SSSR count). The first-order valence-electron chi connectivity index (χ1n) is 20.3. The third-order valence-corrected chi connectivity index (χ3v) is 12.1. The van der Waals surface area contributed by atoms with Gasteiger partial charge in [0.25, 0.3) is 6.71 Å². The van der Waals surface area contributed by atoms with Crippen LogP contribution in [0.3, 0.4) is 0 Å². The van der Waals surface area contributed by atoms with E-state index in [0.29, 0.717) is 0 Å². The van der Waals surface area contributed by atoms with Crippen molar-refractivity contribution in [1.82, 2.24) is 0 Å². The fraction of sp³-hybridized carbons (Fsp3) is 0.0741. The molecule has 0 fully saturated rings. The lowest BCUT2D eigenvalue weighted by atomic mass is 9.33. The molecule has 0 amide bonds. The van der Waals surface area contributed by atoms with Crippen LogP contribution in [0, 0.1) is 27.7 Å². The van der Waals surface area contributed by atoms with E-state index in [1.807, 2.05) is 0 Å². The minimum Gasteiger partial charge on any atom is -0.311 e. The van der Waals surface area contributed by atoms with Crippen LogP contribution in [-0.2, 0) is 0 Å². The highest BCUT2D eigenvalue weighted by Crippen LogP contribution is 2.48. The molecule has 276 valence electrons. The molecule has 0 radical (unpaired) electrons. The maximum Gasteiger partial charge on any atom is 0.252 e. The Balaban J connectivity index is 1.27. The second kappa shape index (κ2) is 13.3. The summed E-state index contributed by atoms with van der Waals surface area (Å²) in [6, 6.07) is 68.0. The van der Waals surface area contributed by atoms with E-state index in [4.69, 9.17) is 0 Å². The van der Waals surface area contributed by atoms with Gasteiger partial charge in [-0.2, -0.15) is 0 Å². The van der Waals surface area contributed by atoms with Crippen LogP contribution in [0.25, 0.3) is 21.5 Å². The van der Waals surface area contributed by atoms with Crippen LogP contribution in [0.4, 0.5) is 51.2 Å².